The second kappa shape index (κ2) is 7.47. The summed E-state index contributed by atoms with van der Waals surface area (Å²) >= 11 is 0. The van der Waals surface area contributed by atoms with Crippen LogP contribution in [0.15, 0.2) is 36.4 Å². The number of rotatable bonds is 5. The van der Waals surface area contributed by atoms with Crippen molar-refractivity contribution in [3.63, 3.8) is 0 Å². The van der Waals surface area contributed by atoms with Crippen LogP contribution in [0.25, 0.3) is 0 Å². The molecule has 0 unspecified atom stereocenters. The van der Waals surface area contributed by atoms with Gasteiger partial charge in [-0.2, -0.15) is 0 Å². The van der Waals surface area contributed by atoms with Gasteiger partial charge in [-0.25, -0.2) is 4.79 Å². The van der Waals surface area contributed by atoms with Gasteiger partial charge in [-0.3, -0.25) is 4.90 Å². The molecule has 0 bridgehead atoms. The third-order valence-corrected chi connectivity index (χ3v) is 4.67. The number of amides is 1. The highest BCUT2D eigenvalue weighted by molar-refractivity contribution is 5.87. The largest absolute Gasteiger partial charge is 0.497 e. The van der Waals surface area contributed by atoms with Gasteiger partial charge in [0.05, 0.1) is 12.8 Å². The van der Waals surface area contributed by atoms with E-state index in [1.807, 2.05) is 36.4 Å². The molecule has 1 amide bonds. The SMILES string of the molecule is COc1ccc(COc2ccc(N(C)C(=O)O)c3c2CCCC3)cc1. The Morgan fingerprint density at radius 2 is 1.76 bits per heavy atom. The minimum absolute atomic E-state index is 0.477. The molecule has 2 aromatic rings. The fraction of sp³-hybridized carbons (Fsp3) is 0.350. The second-order valence-corrected chi connectivity index (χ2v) is 6.23. The Balaban J connectivity index is 1.82. The molecular weight excluding hydrogens is 318 g/mol. The molecule has 0 aliphatic heterocycles. The summed E-state index contributed by atoms with van der Waals surface area (Å²) in [6.45, 7) is 0.477. The summed E-state index contributed by atoms with van der Waals surface area (Å²) in [7, 11) is 3.23. The molecule has 1 aliphatic rings. The van der Waals surface area contributed by atoms with Gasteiger partial charge in [-0.1, -0.05) is 12.1 Å². The zero-order valence-corrected chi connectivity index (χ0v) is 14.6. The molecular formula is C20H23NO4. The first-order chi connectivity index (χ1) is 12.1. The molecule has 5 nitrogen and oxygen atoms in total. The number of nitrogens with zero attached hydrogens (tertiary/aromatic N) is 1. The summed E-state index contributed by atoms with van der Waals surface area (Å²) in [4.78, 5) is 12.6. The molecule has 0 saturated carbocycles. The van der Waals surface area contributed by atoms with Crippen molar-refractivity contribution in [3.05, 3.63) is 53.1 Å². The molecule has 1 N–H and O–H groups in total. The number of carbonyl (C=O) groups is 1. The number of hydrogen-bond acceptors (Lipinski definition) is 3. The number of carboxylic acid groups (broad SMARTS) is 1. The van der Waals surface area contributed by atoms with Gasteiger partial charge in [-0.15, -0.1) is 0 Å². The van der Waals surface area contributed by atoms with Crippen molar-refractivity contribution in [3.8, 4) is 11.5 Å². The van der Waals surface area contributed by atoms with E-state index in [2.05, 4.69) is 0 Å². The van der Waals surface area contributed by atoms with E-state index in [0.29, 0.717) is 6.61 Å². The smallest absolute Gasteiger partial charge is 0.411 e. The molecule has 1 aliphatic carbocycles. The molecule has 0 radical (unpaired) electrons. The van der Waals surface area contributed by atoms with Crippen molar-refractivity contribution in [2.45, 2.75) is 32.3 Å². The van der Waals surface area contributed by atoms with Gasteiger partial charge in [0, 0.05) is 7.05 Å². The van der Waals surface area contributed by atoms with Crippen LogP contribution in [-0.4, -0.2) is 25.4 Å². The van der Waals surface area contributed by atoms with Crippen LogP contribution in [0.1, 0.15) is 29.5 Å². The number of ether oxygens (including phenoxy) is 2. The Morgan fingerprint density at radius 3 is 2.40 bits per heavy atom. The van der Waals surface area contributed by atoms with E-state index in [-0.39, 0.29) is 0 Å². The highest BCUT2D eigenvalue weighted by atomic mass is 16.5. The second-order valence-electron chi connectivity index (χ2n) is 6.23. The van der Waals surface area contributed by atoms with Crippen molar-refractivity contribution >= 4 is 11.8 Å². The van der Waals surface area contributed by atoms with Crippen LogP contribution in [0.3, 0.4) is 0 Å². The van der Waals surface area contributed by atoms with Gasteiger partial charge in [-0.05, 0) is 66.6 Å². The normalized spacial score (nSPS) is 13.0. The number of anilines is 1. The minimum atomic E-state index is -0.945. The van der Waals surface area contributed by atoms with Crippen molar-refractivity contribution in [2.75, 3.05) is 19.1 Å². The van der Waals surface area contributed by atoms with Gasteiger partial charge < -0.3 is 14.6 Å². The van der Waals surface area contributed by atoms with Crippen molar-refractivity contribution in [2.24, 2.45) is 0 Å². The summed E-state index contributed by atoms with van der Waals surface area (Å²) in [6.07, 6.45) is 3.05. The van der Waals surface area contributed by atoms with E-state index in [1.165, 1.54) is 4.90 Å². The van der Waals surface area contributed by atoms with Gasteiger partial charge in [0.25, 0.3) is 0 Å². The maximum atomic E-state index is 11.3. The average molecular weight is 341 g/mol. The zero-order chi connectivity index (χ0) is 17.8. The molecule has 0 fully saturated rings. The van der Waals surface area contributed by atoms with E-state index in [1.54, 1.807) is 14.2 Å². The minimum Gasteiger partial charge on any atom is -0.497 e. The predicted molar refractivity (Wildman–Crippen MR) is 96.8 cm³/mol. The predicted octanol–water partition coefficient (Wildman–Crippen LogP) is 4.27. The van der Waals surface area contributed by atoms with Gasteiger partial charge in [0.1, 0.15) is 18.1 Å². The Bertz CT molecular complexity index is 755. The van der Waals surface area contributed by atoms with Gasteiger partial charge in [0.2, 0.25) is 0 Å². The standard InChI is InChI=1S/C20H23NO4/c1-21(20(22)23)18-11-12-19(17-6-4-3-5-16(17)18)25-13-14-7-9-15(24-2)10-8-14/h7-12H,3-6,13H2,1-2H3,(H,22,23). The highest BCUT2D eigenvalue weighted by Crippen LogP contribution is 2.36. The van der Waals surface area contributed by atoms with Crippen molar-refractivity contribution in [1.82, 2.24) is 0 Å². The van der Waals surface area contributed by atoms with E-state index in [4.69, 9.17) is 9.47 Å². The Labute approximate surface area is 147 Å². The Hall–Kier alpha value is -2.69. The maximum absolute atomic E-state index is 11.3. The Kier molecular flexibility index (Phi) is 5.12. The summed E-state index contributed by atoms with van der Waals surface area (Å²) in [5.41, 5.74) is 4.07. The molecule has 0 atom stereocenters. The molecule has 0 aromatic heterocycles. The summed E-state index contributed by atoms with van der Waals surface area (Å²) < 4.78 is 11.2. The van der Waals surface area contributed by atoms with E-state index < -0.39 is 6.09 Å². The Morgan fingerprint density at radius 1 is 1.08 bits per heavy atom. The summed E-state index contributed by atoms with van der Waals surface area (Å²) in [6, 6.07) is 11.5. The molecule has 132 valence electrons. The summed E-state index contributed by atoms with van der Waals surface area (Å²) in [5.74, 6) is 1.68. The maximum Gasteiger partial charge on any atom is 0.411 e. The molecule has 2 aromatic carbocycles. The first-order valence-electron chi connectivity index (χ1n) is 8.47. The number of benzene rings is 2. The lowest BCUT2D eigenvalue weighted by Crippen LogP contribution is -2.26. The van der Waals surface area contributed by atoms with Crippen LogP contribution in [0.5, 0.6) is 11.5 Å². The van der Waals surface area contributed by atoms with Gasteiger partial charge in [0.15, 0.2) is 0 Å². The van der Waals surface area contributed by atoms with Crippen LogP contribution in [0.2, 0.25) is 0 Å². The third kappa shape index (κ3) is 3.71. The number of methoxy groups -OCH3 is 1. The highest BCUT2D eigenvalue weighted by Gasteiger charge is 2.22. The van der Waals surface area contributed by atoms with Gasteiger partial charge >= 0.3 is 6.09 Å². The molecule has 0 heterocycles. The lowest BCUT2D eigenvalue weighted by atomic mass is 9.89. The summed E-state index contributed by atoms with van der Waals surface area (Å²) in [5, 5.41) is 9.29. The van der Waals surface area contributed by atoms with E-state index in [0.717, 1.165) is 59.6 Å². The fourth-order valence-electron chi connectivity index (χ4n) is 3.25. The van der Waals surface area contributed by atoms with Crippen LogP contribution in [0, 0.1) is 0 Å². The number of hydrogen-bond donors (Lipinski definition) is 1. The van der Waals surface area contributed by atoms with Crippen LogP contribution in [-0.2, 0) is 19.4 Å². The molecule has 5 heteroatoms. The quantitative estimate of drug-likeness (QED) is 0.882. The lowest BCUT2D eigenvalue weighted by Gasteiger charge is -2.25. The molecule has 0 spiro atoms. The van der Waals surface area contributed by atoms with Crippen LogP contribution >= 0.6 is 0 Å². The van der Waals surface area contributed by atoms with Crippen molar-refractivity contribution < 1.29 is 19.4 Å². The van der Waals surface area contributed by atoms with E-state index >= 15 is 0 Å². The van der Waals surface area contributed by atoms with Crippen molar-refractivity contribution in [1.29, 1.82) is 0 Å². The average Bonchev–Trinajstić information content (AvgIpc) is 2.65. The molecule has 25 heavy (non-hydrogen) atoms. The first kappa shape index (κ1) is 17.1. The zero-order valence-electron chi connectivity index (χ0n) is 14.6. The monoisotopic (exact) mass is 341 g/mol. The molecule has 0 saturated heterocycles. The van der Waals surface area contributed by atoms with E-state index in [9.17, 15) is 9.90 Å². The van der Waals surface area contributed by atoms with Crippen LogP contribution < -0.4 is 14.4 Å². The topological polar surface area (TPSA) is 59.0 Å². The molecule has 3 rings (SSSR count). The third-order valence-electron chi connectivity index (χ3n) is 4.67. The first-order valence-corrected chi connectivity index (χ1v) is 8.47. The number of fused-ring (bicyclic) bond motifs is 1. The van der Waals surface area contributed by atoms with Crippen LogP contribution in [0.4, 0.5) is 10.5 Å². The lowest BCUT2D eigenvalue weighted by molar-refractivity contribution is 0.203. The fourth-order valence-corrected chi connectivity index (χ4v) is 3.25.